The van der Waals surface area contributed by atoms with E-state index in [2.05, 4.69) is 12.3 Å². The maximum atomic E-state index is 13.1. The molecule has 0 spiro atoms. The molecule has 2 N–H and O–H groups in total. The van der Waals surface area contributed by atoms with E-state index in [1.54, 1.807) is 26.8 Å². The van der Waals surface area contributed by atoms with Crippen LogP contribution in [0.25, 0.3) is 0 Å². The van der Waals surface area contributed by atoms with E-state index in [9.17, 15) is 9.18 Å². The van der Waals surface area contributed by atoms with E-state index < -0.39 is 17.4 Å². The van der Waals surface area contributed by atoms with E-state index in [1.807, 2.05) is 0 Å². The lowest BCUT2D eigenvalue weighted by Crippen LogP contribution is -2.24. The van der Waals surface area contributed by atoms with Crippen molar-refractivity contribution in [3.05, 3.63) is 35.6 Å². The Morgan fingerprint density at radius 3 is 2.33 bits per heavy atom. The third-order valence-electron chi connectivity index (χ3n) is 1.61. The SMILES string of the molecule is C#CCN.CC(C)(C)OC(=O)c1ccccc1F. The molecule has 0 aliphatic heterocycles. The molecule has 0 radical (unpaired) electrons. The van der Waals surface area contributed by atoms with E-state index in [-0.39, 0.29) is 5.56 Å². The van der Waals surface area contributed by atoms with Gasteiger partial charge in [0.05, 0.1) is 12.1 Å². The van der Waals surface area contributed by atoms with Gasteiger partial charge in [0.15, 0.2) is 0 Å². The Morgan fingerprint density at radius 1 is 1.44 bits per heavy atom. The van der Waals surface area contributed by atoms with Crippen molar-refractivity contribution in [1.29, 1.82) is 0 Å². The van der Waals surface area contributed by atoms with E-state index >= 15 is 0 Å². The van der Waals surface area contributed by atoms with Gasteiger partial charge in [0.1, 0.15) is 11.4 Å². The topological polar surface area (TPSA) is 52.3 Å². The Morgan fingerprint density at radius 2 is 1.94 bits per heavy atom. The molecule has 0 bridgehead atoms. The maximum absolute atomic E-state index is 13.1. The van der Waals surface area contributed by atoms with Crippen LogP contribution in [-0.2, 0) is 4.74 Å². The summed E-state index contributed by atoms with van der Waals surface area (Å²) >= 11 is 0. The second-order valence-electron chi connectivity index (χ2n) is 4.39. The Kier molecular flexibility index (Phi) is 6.69. The molecule has 0 amide bonds. The second kappa shape index (κ2) is 7.46. The highest BCUT2D eigenvalue weighted by Gasteiger charge is 2.19. The molecule has 0 aromatic heterocycles. The van der Waals surface area contributed by atoms with Crippen molar-refractivity contribution in [2.75, 3.05) is 6.54 Å². The highest BCUT2D eigenvalue weighted by molar-refractivity contribution is 5.89. The van der Waals surface area contributed by atoms with Crippen LogP contribution in [0.5, 0.6) is 0 Å². The second-order valence-corrected chi connectivity index (χ2v) is 4.39. The van der Waals surface area contributed by atoms with Crippen LogP contribution < -0.4 is 5.73 Å². The molecule has 0 aliphatic carbocycles. The number of rotatable bonds is 1. The number of halogens is 1. The van der Waals surface area contributed by atoms with Crippen LogP contribution in [0.2, 0.25) is 0 Å². The van der Waals surface area contributed by atoms with Gasteiger partial charge in [-0.3, -0.25) is 0 Å². The molecule has 1 aromatic carbocycles. The number of nitrogens with two attached hydrogens (primary N) is 1. The van der Waals surface area contributed by atoms with Crippen molar-refractivity contribution in [3.8, 4) is 12.3 Å². The summed E-state index contributed by atoms with van der Waals surface area (Å²) in [5, 5.41) is 0. The molecule has 0 aliphatic rings. The monoisotopic (exact) mass is 251 g/mol. The highest BCUT2D eigenvalue weighted by Crippen LogP contribution is 2.14. The molecular weight excluding hydrogens is 233 g/mol. The minimum atomic E-state index is -0.629. The van der Waals surface area contributed by atoms with Crippen LogP contribution in [0.15, 0.2) is 24.3 Å². The molecule has 18 heavy (non-hydrogen) atoms. The van der Waals surface area contributed by atoms with Crippen LogP contribution in [0.1, 0.15) is 31.1 Å². The first-order valence-electron chi connectivity index (χ1n) is 5.43. The molecule has 0 unspecified atom stereocenters. The fraction of sp³-hybridized carbons (Fsp3) is 0.357. The molecule has 1 rings (SSSR count). The third kappa shape index (κ3) is 6.66. The smallest absolute Gasteiger partial charge is 0.341 e. The summed E-state index contributed by atoms with van der Waals surface area (Å²) in [4.78, 5) is 11.4. The van der Waals surface area contributed by atoms with E-state index in [1.165, 1.54) is 18.2 Å². The Balaban J connectivity index is 0.000000631. The molecule has 0 atom stereocenters. The lowest BCUT2D eigenvalue weighted by molar-refractivity contribution is 0.00647. The molecule has 0 fully saturated rings. The van der Waals surface area contributed by atoms with E-state index in [0.29, 0.717) is 6.54 Å². The fourth-order valence-corrected chi connectivity index (χ4v) is 0.960. The van der Waals surface area contributed by atoms with Crippen LogP contribution >= 0.6 is 0 Å². The number of terminal acetylenes is 1. The summed E-state index contributed by atoms with van der Waals surface area (Å²) in [5.41, 5.74) is 4.17. The number of esters is 1. The van der Waals surface area contributed by atoms with Crippen molar-refractivity contribution >= 4 is 5.97 Å². The fourth-order valence-electron chi connectivity index (χ4n) is 0.960. The number of carbonyl (C=O) groups excluding carboxylic acids is 1. The standard InChI is InChI=1S/C11H13FO2.C3H5N/c1-11(2,3)14-10(13)8-6-4-5-7-9(8)12;1-2-3-4/h4-7H,1-3H3;1H,3-4H2. The molecule has 0 saturated carbocycles. The first-order chi connectivity index (χ1) is 8.31. The molecular formula is C14H18FNO2. The lowest BCUT2D eigenvalue weighted by Gasteiger charge is -2.19. The summed E-state index contributed by atoms with van der Waals surface area (Å²) in [7, 11) is 0. The van der Waals surface area contributed by atoms with Gasteiger partial charge in [0, 0.05) is 0 Å². The zero-order valence-electron chi connectivity index (χ0n) is 10.9. The minimum Gasteiger partial charge on any atom is -0.456 e. The van der Waals surface area contributed by atoms with Crippen LogP contribution in [-0.4, -0.2) is 18.1 Å². The average Bonchev–Trinajstić information content (AvgIpc) is 2.27. The number of benzene rings is 1. The molecule has 3 nitrogen and oxygen atoms in total. The molecule has 98 valence electrons. The summed E-state index contributed by atoms with van der Waals surface area (Å²) in [6.45, 7) is 5.57. The van der Waals surface area contributed by atoms with Gasteiger partial charge in [0.2, 0.25) is 0 Å². The molecule has 4 heteroatoms. The predicted octanol–water partition coefficient (Wildman–Crippen LogP) is 2.36. The number of ether oxygens (including phenoxy) is 1. The first-order valence-corrected chi connectivity index (χ1v) is 5.43. The quantitative estimate of drug-likeness (QED) is 0.615. The number of hydrogen-bond donors (Lipinski definition) is 1. The number of hydrogen-bond acceptors (Lipinski definition) is 3. The van der Waals surface area contributed by atoms with Gasteiger partial charge < -0.3 is 10.5 Å². The van der Waals surface area contributed by atoms with Crippen molar-refractivity contribution in [2.24, 2.45) is 5.73 Å². The van der Waals surface area contributed by atoms with Crippen LogP contribution in [0, 0.1) is 18.2 Å². The largest absolute Gasteiger partial charge is 0.456 e. The van der Waals surface area contributed by atoms with E-state index in [4.69, 9.17) is 10.5 Å². The zero-order valence-corrected chi connectivity index (χ0v) is 10.9. The average molecular weight is 251 g/mol. The normalized spacial score (nSPS) is 9.78. The van der Waals surface area contributed by atoms with Crippen molar-refractivity contribution in [1.82, 2.24) is 0 Å². The van der Waals surface area contributed by atoms with Gasteiger partial charge in [-0.15, -0.1) is 6.42 Å². The summed E-state index contributed by atoms with van der Waals surface area (Å²) in [5.74, 6) is 1.03. The third-order valence-corrected chi connectivity index (χ3v) is 1.61. The minimum absolute atomic E-state index is 0.0255. The molecule has 1 aromatic rings. The Hall–Kier alpha value is -1.86. The molecule has 0 heterocycles. The van der Waals surface area contributed by atoms with Crippen molar-refractivity contribution < 1.29 is 13.9 Å². The predicted molar refractivity (Wildman–Crippen MR) is 69.5 cm³/mol. The maximum Gasteiger partial charge on any atom is 0.341 e. The summed E-state index contributed by atoms with van der Waals surface area (Å²) < 4.78 is 18.1. The van der Waals surface area contributed by atoms with Gasteiger partial charge in [0.25, 0.3) is 0 Å². The zero-order chi connectivity index (χ0) is 14.2. The summed E-state index contributed by atoms with van der Waals surface area (Å²) in [6.07, 6.45) is 4.65. The van der Waals surface area contributed by atoms with Gasteiger partial charge in [-0.2, -0.15) is 0 Å². The summed E-state index contributed by atoms with van der Waals surface area (Å²) in [6, 6.07) is 5.77. The highest BCUT2D eigenvalue weighted by atomic mass is 19.1. The van der Waals surface area contributed by atoms with Gasteiger partial charge in [-0.25, -0.2) is 9.18 Å². The van der Waals surface area contributed by atoms with E-state index in [0.717, 1.165) is 0 Å². The first kappa shape index (κ1) is 16.1. The lowest BCUT2D eigenvalue weighted by atomic mass is 10.1. The Labute approximate surface area is 107 Å². The Bertz CT molecular complexity index is 430. The van der Waals surface area contributed by atoms with Crippen LogP contribution in [0.3, 0.4) is 0 Å². The van der Waals surface area contributed by atoms with Crippen molar-refractivity contribution in [2.45, 2.75) is 26.4 Å². The number of carbonyl (C=O) groups is 1. The van der Waals surface area contributed by atoms with Gasteiger partial charge in [-0.1, -0.05) is 18.1 Å². The van der Waals surface area contributed by atoms with Gasteiger partial charge >= 0.3 is 5.97 Å². The van der Waals surface area contributed by atoms with Crippen LogP contribution in [0.4, 0.5) is 4.39 Å². The molecule has 0 saturated heterocycles. The van der Waals surface area contributed by atoms with Crippen molar-refractivity contribution in [3.63, 3.8) is 0 Å². The van der Waals surface area contributed by atoms with Gasteiger partial charge in [-0.05, 0) is 32.9 Å².